The number of nitrogens with zero attached hydrogens (tertiary/aromatic N) is 1. The lowest BCUT2D eigenvalue weighted by atomic mass is 10.1. The molecular weight excluding hydrogens is 230 g/mol. The number of rotatable bonds is 2. The molecule has 1 unspecified atom stereocenters. The van der Waals surface area contributed by atoms with Gasteiger partial charge in [-0.25, -0.2) is 0 Å². The van der Waals surface area contributed by atoms with Crippen LogP contribution in [0.5, 0.6) is 0 Å². The van der Waals surface area contributed by atoms with Crippen LogP contribution in [0.4, 0.5) is 0 Å². The fourth-order valence-electron chi connectivity index (χ4n) is 2.04. The largest absolute Gasteiger partial charge is 0.481 e. The number of hydrogen-bond acceptors (Lipinski definition) is 2. The quantitative estimate of drug-likeness (QED) is 0.794. The lowest BCUT2D eigenvalue weighted by Crippen LogP contribution is -2.29. The molecule has 0 radical (unpaired) electrons. The summed E-state index contributed by atoms with van der Waals surface area (Å²) < 4.78 is 0. The van der Waals surface area contributed by atoms with Crippen molar-refractivity contribution in [3.63, 3.8) is 0 Å². The Morgan fingerprint density at radius 1 is 1.33 bits per heavy atom. The fraction of sp³-hybridized carbons (Fsp3) is 0.286. The molecule has 0 saturated carbocycles. The summed E-state index contributed by atoms with van der Waals surface area (Å²) in [7, 11) is 0. The van der Waals surface area contributed by atoms with E-state index >= 15 is 0 Å². The monoisotopic (exact) mass is 243 g/mol. The molecule has 4 nitrogen and oxygen atoms in total. The summed E-state index contributed by atoms with van der Waals surface area (Å²) in [5.74, 6) is 1.06. The Hall–Kier alpha value is -2.28. The van der Waals surface area contributed by atoms with Crippen molar-refractivity contribution in [2.75, 3.05) is 13.1 Å². The predicted molar refractivity (Wildman–Crippen MR) is 66.0 cm³/mol. The Morgan fingerprint density at radius 3 is 2.50 bits per heavy atom. The van der Waals surface area contributed by atoms with Gasteiger partial charge in [0.1, 0.15) is 0 Å². The zero-order valence-electron chi connectivity index (χ0n) is 9.80. The first-order valence-electron chi connectivity index (χ1n) is 5.70. The minimum Gasteiger partial charge on any atom is -0.481 e. The van der Waals surface area contributed by atoms with Crippen LogP contribution >= 0.6 is 0 Å². The smallest absolute Gasteiger partial charge is 0.308 e. The molecule has 1 aliphatic rings. The summed E-state index contributed by atoms with van der Waals surface area (Å²) in [5, 5.41) is 8.89. The molecule has 4 heteroatoms. The summed E-state index contributed by atoms with van der Waals surface area (Å²) in [6, 6.07) is 6.76. The predicted octanol–water partition coefficient (Wildman–Crippen LogP) is 1.21. The lowest BCUT2D eigenvalue weighted by Gasteiger charge is -2.15. The van der Waals surface area contributed by atoms with Crippen molar-refractivity contribution in [3.8, 4) is 12.3 Å². The molecule has 1 aromatic rings. The van der Waals surface area contributed by atoms with Crippen molar-refractivity contribution in [2.45, 2.75) is 6.42 Å². The molecule has 1 saturated heterocycles. The molecule has 0 aromatic heterocycles. The van der Waals surface area contributed by atoms with Crippen LogP contribution in [0.2, 0.25) is 0 Å². The van der Waals surface area contributed by atoms with E-state index in [1.165, 1.54) is 0 Å². The third kappa shape index (κ3) is 2.35. The Morgan fingerprint density at radius 2 is 2.00 bits per heavy atom. The van der Waals surface area contributed by atoms with Gasteiger partial charge in [-0.15, -0.1) is 6.42 Å². The maximum absolute atomic E-state index is 12.1. The van der Waals surface area contributed by atoms with Gasteiger partial charge in [0.2, 0.25) is 0 Å². The molecule has 0 aliphatic carbocycles. The molecular formula is C14H13NO3. The molecule has 92 valence electrons. The van der Waals surface area contributed by atoms with Gasteiger partial charge in [-0.1, -0.05) is 5.92 Å². The van der Waals surface area contributed by atoms with Gasteiger partial charge < -0.3 is 10.0 Å². The number of carbonyl (C=O) groups is 2. The van der Waals surface area contributed by atoms with E-state index in [1.54, 1.807) is 29.2 Å². The molecule has 0 bridgehead atoms. The molecule has 1 amide bonds. The lowest BCUT2D eigenvalue weighted by molar-refractivity contribution is -0.141. The summed E-state index contributed by atoms with van der Waals surface area (Å²) in [5.41, 5.74) is 1.26. The van der Waals surface area contributed by atoms with Crippen LogP contribution in [0.25, 0.3) is 0 Å². The number of amides is 1. The van der Waals surface area contributed by atoms with Gasteiger partial charge in [0.15, 0.2) is 0 Å². The molecule has 1 aromatic carbocycles. The second-order valence-electron chi connectivity index (χ2n) is 4.30. The van der Waals surface area contributed by atoms with E-state index in [9.17, 15) is 9.59 Å². The van der Waals surface area contributed by atoms with Gasteiger partial charge in [-0.2, -0.15) is 0 Å². The molecule has 1 N–H and O–H groups in total. The van der Waals surface area contributed by atoms with Crippen LogP contribution in [-0.2, 0) is 4.79 Å². The fourth-order valence-corrected chi connectivity index (χ4v) is 2.04. The third-order valence-corrected chi connectivity index (χ3v) is 3.12. The van der Waals surface area contributed by atoms with E-state index < -0.39 is 11.9 Å². The van der Waals surface area contributed by atoms with Gasteiger partial charge in [-0.05, 0) is 30.7 Å². The summed E-state index contributed by atoms with van der Waals surface area (Å²) in [4.78, 5) is 24.5. The van der Waals surface area contributed by atoms with E-state index in [-0.39, 0.29) is 12.5 Å². The van der Waals surface area contributed by atoms with Gasteiger partial charge in [0.25, 0.3) is 5.91 Å². The van der Waals surface area contributed by atoms with E-state index in [0.717, 1.165) is 5.56 Å². The number of carboxylic acids is 1. The Balaban J connectivity index is 2.08. The number of carbonyl (C=O) groups excluding carboxylic acids is 1. The highest BCUT2D eigenvalue weighted by Crippen LogP contribution is 2.19. The van der Waals surface area contributed by atoms with Crippen LogP contribution in [-0.4, -0.2) is 35.0 Å². The molecule has 0 spiro atoms. The maximum Gasteiger partial charge on any atom is 0.308 e. The van der Waals surface area contributed by atoms with Crippen LogP contribution in [0.1, 0.15) is 22.3 Å². The zero-order chi connectivity index (χ0) is 13.1. The number of aliphatic carboxylic acids is 1. The van der Waals surface area contributed by atoms with Crippen LogP contribution in [0.15, 0.2) is 24.3 Å². The zero-order valence-corrected chi connectivity index (χ0v) is 9.80. The van der Waals surface area contributed by atoms with Crippen molar-refractivity contribution in [2.24, 2.45) is 5.92 Å². The molecule has 1 heterocycles. The van der Waals surface area contributed by atoms with Crippen LogP contribution < -0.4 is 0 Å². The number of likely N-dealkylation sites (tertiary alicyclic amines) is 1. The van der Waals surface area contributed by atoms with Crippen LogP contribution in [0.3, 0.4) is 0 Å². The Labute approximate surface area is 105 Å². The van der Waals surface area contributed by atoms with E-state index in [4.69, 9.17) is 11.5 Å². The third-order valence-electron chi connectivity index (χ3n) is 3.12. The molecule has 2 rings (SSSR count). The number of carboxylic acid groups (broad SMARTS) is 1. The molecule has 18 heavy (non-hydrogen) atoms. The Kier molecular flexibility index (Phi) is 3.33. The number of hydrogen-bond donors (Lipinski definition) is 1. The van der Waals surface area contributed by atoms with Crippen LogP contribution in [0, 0.1) is 18.3 Å². The first-order valence-corrected chi connectivity index (χ1v) is 5.70. The van der Waals surface area contributed by atoms with E-state index in [0.29, 0.717) is 18.5 Å². The number of terminal acetylenes is 1. The average Bonchev–Trinajstić information content (AvgIpc) is 2.88. The van der Waals surface area contributed by atoms with Crippen molar-refractivity contribution in [3.05, 3.63) is 35.4 Å². The molecule has 1 aliphatic heterocycles. The second-order valence-corrected chi connectivity index (χ2v) is 4.30. The van der Waals surface area contributed by atoms with E-state index in [2.05, 4.69) is 5.92 Å². The summed E-state index contributed by atoms with van der Waals surface area (Å²) >= 11 is 0. The van der Waals surface area contributed by atoms with Gasteiger partial charge in [0, 0.05) is 24.2 Å². The van der Waals surface area contributed by atoms with Gasteiger partial charge in [0.05, 0.1) is 5.92 Å². The number of benzene rings is 1. The standard InChI is InChI=1S/C14H13NO3/c1-2-10-3-5-11(6-4-10)13(16)15-8-7-12(9-15)14(17)18/h1,3-6,12H,7-9H2,(H,17,18). The highest BCUT2D eigenvalue weighted by Gasteiger charge is 2.31. The van der Waals surface area contributed by atoms with Crippen molar-refractivity contribution >= 4 is 11.9 Å². The van der Waals surface area contributed by atoms with Crippen molar-refractivity contribution in [1.82, 2.24) is 4.90 Å². The second kappa shape index (κ2) is 4.92. The topological polar surface area (TPSA) is 57.6 Å². The summed E-state index contributed by atoms with van der Waals surface area (Å²) in [6.45, 7) is 0.776. The summed E-state index contributed by atoms with van der Waals surface area (Å²) in [6.07, 6.45) is 5.76. The first-order chi connectivity index (χ1) is 8.61. The van der Waals surface area contributed by atoms with Gasteiger partial charge >= 0.3 is 5.97 Å². The van der Waals surface area contributed by atoms with E-state index in [1.807, 2.05) is 0 Å². The normalized spacial score (nSPS) is 18.4. The average molecular weight is 243 g/mol. The van der Waals surface area contributed by atoms with Gasteiger partial charge in [-0.3, -0.25) is 9.59 Å². The SMILES string of the molecule is C#Cc1ccc(C(=O)N2CCC(C(=O)O)C2)cc1. The first kappa shape index (κ1) is 12.2. The Bertz CT molecular complexity index is 513. The highest BCUT2D eigenvalue weighted by molar-refractivity contribution is 5.94. The molecule has 1 fully saturated rings. The molecule has 1 atom stereocenters. The van der Waals surface area contributed by atoms with Crippen molar-refractivity contribution in [1.29, 1.82) is 0 Å². The minimum absolute atomic E-state index is 0.137. The minimum atomic E-state index is -0.840. The highest BCUT2D eigenvalue weighted by atomic mass is 16.4. The van der Waals surface area contributed by atoms with Crippen molar-refractivity contribution < 1.29 is 14.7 Å². The maximum atomic E-state index is 12.1.